The number of rotatable bonds is 5. The number of hydrogen-bond acceptors (Lipinski definition) is 4. The predicted molar refractivity (Wildman–Crippen MR) is 73.4 cm³/mol. The van der Waals surface area contributed by atoms with Crippen LogP contribution in [0.25, 0.3) is 11.4 Å². The van der Waals surface area contributed by atoms with Crippen molar-refractivity contribution in [1.29, 1.82) is 0 Å². The van der Waals surface area contributed by atoms with Crippen molar-refractivity contribution < 1.29 is 9.90 Å². The monoisotopic (exact) mass is 273 g/mol. The van der Waals surface area contributed by atoms with Crippen LogP contribution < -0.4 is 5.56 Å². The highest BCUT2D eigenvalue weighted by atomic mass is 16.4. The Bertz CT molecular complexity index is 665. The van der Waals surface area contributed by atoms with E-state index in [1.807, 2.05) is 13.0 Å². The van der Waals surface area contributed by atoms with Gasteiger partial charge in [0.05, 0.1) is 12.1 Å². The molecule has 104 valence electrons. The van der Waals surface area contributed by atoms with E-state index in [1.165, 1.54) is 10.7 Å². The molecule has 0 atom stereocenters. The van der Waals surface area contributed by atoms with Gasteiger partial charge in [-0.25, -0.2) is 4.68 Å². The molecule has 0 spiro atoms. The van der Waals surface area contributed by atoms with E-state index in [4.69, 9.17) is 5.11 Å². The van der Waals surface area contributed by atoms with Gasteiger partial charge in [-0.3, -0.25) is 14.6 Å². The molecular formula is C14H15N3O3. The third kappa shape index (κ3) is 3.09. The molecule has 0 fully saturated rings. The molecule has 0 aliphatic rings. The first-order chi connectivity index (χ1) is 9.61. The van der Waals surface area contributed by atoms with Crippen molar-refractivity contribution in [2.75, 3.05) is 0 Å². The average molecular weight is 273 g/mol. The van der Waals surface area contributed by atoms with E-state index in [0.29, 0.717) is 17.9 Å². The van der Waals surface area contributed by atoms with Gasteiger partial charge in [0.1, 0.15) is 5.69 Å². The smallest absolute Gasteiger partial charge is 0.308 e. The summed E-state index contributed by atoms with van der Waals surface area (Å²) in [6.07, 6.45) is 2.05. The van der Waals surface area contributed by atoms with Gasteiger partial charge in [0.15, 0.2) is 0 Å². The van der Waals surface area contributed by atoms with Crippen LogP contribution >= 0.6 is 0 Å². The van der Waals surface area contributed by atoms with Crippen molar-refractivity contribution in [2.45, 2.75) is 26.3 Å². The Balaban J connectivity index is 2.55. The number of carbonyl (C=O) groups is 1. The van der Waals surface area contributed by atoms with Crippen LogP contribution in [0.5, 0.6) is 0 Å². The minimum atomic E-state index is -1.04. The van der Waals surface area contributed by atoms with Crippen molar-refractivity contribution in [3.8, 4) is 11.4 Å². The Morgan fingerprint density at radius 2 is 2.15 bits per heavy atom. The molecule has 0 saturated carbocycles. The number of carboxylic acids is 1. The van der Waals surface area contributed by atoms with Crippen LogP contribution in [0, 0.1) is 0 Å². The lowest BCUT2D eigenvalue weighted by Crippen LogP contribution is -2.28. The molecule has 0 bridgehead atoms. The van der Waals surface area contributed by atoms with Crippen LogP contribution in [0.15, 0.2) is 35.3 Å². The molecule has 0 aliphatic carbocycles. The second kappa shape index (κ2) is 6.10. The van der Waals surface area contributed by atoms with Crippen LogP contribution in [-0.2, 0) is 17.8 Å². The molecule has 0 amide bonds. The second-order valence-electron chi connectivity index (χ2n) is 4.37. The molecule has 2 aromatic heterocycles. The van der Waals surface area contributed by atoms with Gasteiger partial charge in [-0.1, -0.05) is 13.0 Å². The van der Waals surface area contributed by atoms with E-state index < -0.39 is 5.97 Å². The van der Waals surface area contributed by atoms with Gasteiger partial charge in [0, 0.05) is 18.3 Å². The van der Waals surface area contributed by atoms with Gasteiger partial charge < -0.3 is 5.11 Å². The summed E-state index contributed by atoms with van der Waals surface area (Å²) in [4.78, 5) is 27.1. The van der Waals surface area contributed by atoms with Crippen LogP contribution in [0.4, 0.5) is 0 Å². The lowest BCUT2D eigenvalue weighted by atomic mass is 10.1. The summed E-state index contributed by atoms with van der Waals surface area (Å²) < 4.78 is 1.31. The molecule has 6 heteroatoms. The summed E-state index contributed by atoms with van der Waals surface area (Å²) in [5.74, 6) is -1.04. The fourth-order valence-electron chi connectivity index (χ4n) is 1.89. The van der Waals surface area contributed by atoms with Gasteiger partial charge in [-0.2, -0.15) is 5.10 Å². The quantitative estimate of drug-likeness (QED) is 0.888. The zero-order valence-corrected chi connectivity index (χ0v) is 11.1. The zero-order chi connectivity index (χ0) is 14.5. The highest BCUT2D eigenvalue weighted by Gasteiger charge is 2.12. The fourth-order valence-corrected chi connectivity index (χ4v) is 1.89. The lowest BCUT2D eigenvalue weighted by Gasteiger charge is -2.08. The van der Waals surface area contributed by atoms with Crippen LogP contribution in [0.3, 0.4) is 0 Å². The maximum atomic E-state index is 12.1. The van der Waals surface area contributed by atoms with Crippen molar-refractivity contribution in [1.82, 2.24) is 14.8 Å². The summed E-state index contributed by atoms with van der Waals surface area (Å²) >= 11 is 0. The molecule has 6 nitrogen and oxygen atoms in total. The number of aromatic nitrogens is 3. The van der Waals surface area contributed by atoms with Crippen LogP contribution in [0.2, 0.25) is 0 Å². The second-order valence-corrected chi connectivity index (χ2v) is 4.37. The molecule has 0 aliphatic heterocycles. The molecule has 0 unspecified atom stereocenters. The summed E-state index contributed by atoms with van der Waals surface area (Å²) in [5, 5.41) is 13.1. The maximum Gasteiger partial charge on any atom is 0.308 e. The normalized spacial score (nSPS) is 10.4. The maximum absolute atomic E-state index is 12.1. The number of aliphatic carboxylic acids is 1. The Hall–Kier alpha value is -2.50. The van der Waals surface area contributed by atoms with Gasteiger partial charge >= 0.3 is 5.97 Å². The van der Waals surface area contributed by atoms with Crippen molar-refractivity contribution in [2.24, 2.45) is 0 Å². The van der Waals surface area contributed by atoms with E-state index >= 15 is 0 Å². The average Bonchev–Trinajstić information content (AvgIpc) is 2.44. The van der Waals surface area contributed by atoms with Gasteiger partial charge in [0.2, 0.25) is 0 Å². The summed E-state index contributed by atoms with van der Waals surface area (Å²) in [7, 11) is 0. The zero-order valence-electron chi connectivity index (χ0n) is 11.1. The highest BCUT2D eigenvalue weighted by molar-refractivity contribution is 5.70. The summed E-state index contributed by atoms with van der Waals surface area (Å²) in [6.45, 7) is 2.38. The first-order valence-corrected chi connectivity index (χ1v) is 6.36. The number of pyridine rings is 1. The highest BCUT2D eigenvalue weighted by Crippen LogP contribution is 2.13. The summed E-state index contributed by atoms with van der Waals surface area (Å²) in [5.41, 5.74) is 0.995. The number of nitrogens with zero attached hydrogens (tertiary/aromatic N) is 3. The minimum absolute atomic E-state index is 0.224. The van der Waals surface area contributed by atoms with E-state index in [1.54, 1.807) is 18.3 Å². The van der Waals surface area contributed by atoms with E-state index in [9.17, 15) is 9.59 Å². The van der Waals surface area contributed by atoms with Crippen LogP contribution in [-0.4, -0.2) is 25.8 Å². The van der Waals surface area contributed by atoms with E-state index in [2.05, 4.69) is 10.1 Å². The molecule has 1 N–H and O–H groups in total. The summed E-state index contributed by atoms with van der Waals surface area (Å²) in [6, 6.07) is 6.87. The third-order valence-corrected chi connectivity index (χ3v) is 2.75. The third-order valence-electron chi connectivity index (χ3n) is 2.75. The van der Waals surface area contributed by atoms with E-state index in [-0.39, 0.29) is 17.5 Å². The Kier molecular flexibility index (Phi) is 4.24. The Morgan fingerprint density at radius 3 is 2.75 bits per heavy atom. The molecule has 0 aromatic carbocycles. The molecular weight excluding hydrogens is 258 g/mol. The number of aryl methyl sites for hydroxylation is 1. The van der Waals surface area contributed by atoms with Crippen molar-refractivity contribution in [3.05, 3.63) is 46.4 Å². The first-order valence-electron chi connectivity index (χ1n) is 6.36. The fraction of sp³-hybridized carbons (Fsp3) is 0.286. The van der Waals surface area contributed by atoms with Gasteiger partial charge in [-0.05, 0) is 24.6 Å². The molecule has 0 saturated heterocycles. The molecule has 2 heterocycles. The standard InChI is InChI=1S/C14H15N3O3/c1-2-7-17-14(20)10(9-13(18)19)8-12(16-17)11-5-3-4-6-15-11/h3-6,8H,2,7,9H2,1H3,(H,18,19). The largest absolute Gasteiger partial charge is 0.481 e. The van der Waals surface area contributed by atoms with Crippen LogP contribution in [0.1, 0.15) is 18.9 Å². The molecule has 2 rings (SSSR count). The Morgan fingerprint density at radius 1 is 1.35 bits per heavy atom. The first kappa shape index (κ1) is 13.9. The SMILES string of the molecule is CCCn1nc(-c2ccccn2)cc(CC(=O)O)c1=O. The molecule has 2 aromatic rings. The van der Waals surface area contributed by atoms with Gasteiger partial charge in [-0.15, -0.1) is 0 Å². The van der Waals surface area contributed by atoms with Crippen molar-refractivity contribution >= 4 is 5.97 Å². The minimum Gasteiger partial charge on any atom is -0.481 e. The van der Waals surface area contributed by atoms with Crippen molar-refractivity contribution in [3.63, 3.8) is 0 Å². The predicted octanol–water partition coefficient (Wildman–Crippen LogP) is 1.34. The number of hydrogen-bond donors (Lipinski definition) is 1. The molecule has 20 heavy (non-hydrogen) atoms. The van der Waals surface area contributed by atoms with Gasteiger partial charge in [0.25, 0.3) is 5.56 Å². The number of carboxylic acid groups (broad SMARTS) is 1. The van der Waals surface area contributed by atoms with E-state index in [0.717, 1.165) is 6.42 Å². The lowest BCUT2D eigenvalue weighted by molar-refractivity contribution is -0.136. The molecule has 0 radical (unpaired) electrons. The topological polar surface area (TPSA) is 85.1 Å². The Labute approximate surface area is 115 Å².